The van der Waals surface area contributed by atoms with Crippen LogP contribution in [-0.4, -0.2) is 24.7 Å². The molecule has 1 aliphatic rings. The summed E-state index contributed by atoms with van der Waals surface area (Å²) in [6, 6.07) is 14.2. The number of benzene rings is 1. The Kier molecular flexibility index (Phi) is 4.76. The molecule has 0 aliphatic carbocycles. The molecule has 0 saturated carbocycles. The number of aromatic nitrogens is 1. The van der Waals surface area contributed by atoms with Gasteiger partial charge in [-0.1, -0.05) is 18.2 Å². The SMILES string of the molecule is Brc1ccc(N2CCC(COc3ccccc3)CC2)nc1. The van der Waals surface area contributed by atoms with Gasteiger partial charge in [0.15, 0.2) is 0 Å². The molecule has 4 heteroatoms. The van der Waals surface area contributed by atoms with E-state index in [2.05, 4.69) is 31.9 Å². The van der Waals surface area contributed by atoms with E-state index in [4.69, 9.17) is 4.74 Å². The first-order valence-electron chi connectivity index (χ1n) is 7.35. The zero-order valence-electron chi connectivity index (χ0n) is 11.9. The zero-order valence-corrected chi connectivity index (χ0v) is 13.5. The molecule has 2 aromatic rings. The molecule has 1 fully saturated rings. The lowest BCUT2D eigenvalue weighted by Crippen LogP contribution is -2.36. The first-order valence-corrected chi connectivity index (χ1v) is 8.15. The first-order chi connectivity index (χ1) is 10.3. The molecule has 0 N–H and O–H groups in total. The number of pyridine rings is 1. The van der Waals surface area contributed by atoms with E-state index in [1.165, 1.54) is 0 Å². The third-order valence-electron chi connectivity index (χ3n) is 3.88. The number of ether oxygens (including phenoxy) is 1. The van der Waals surface area contributed by atoms with Crippen molar-refractivity contribution in [2.45, 2.75) is 12.8 Å². The van der Waals surface area contributed by atoms with Gasteiger partial charge in [-0.15, -0.1) is 0 Å². The summed E-state index contributed by atoms with van der Waals surface area (Å²) in [6.07, 6.45) is 4.18. The fourth-order valence-corrected chi connectivity index (χ4v) is 2.85. The van der Waals surface area contributed by atoms with Gasteiger partial charge in [-0.05, 0) is 59.0 Å². The summed E-state index contributed by atoms with van der Waals surface area (Å²) in [5, 5.41) is 0. The van der Waals surface area contributed by atoms with Gasteiger partial charge in [0.2, 0.25) is 0 Å². The van der Waals surface area contributed by atoms with Crippen LogP contribution in [0.3, 0.4) is 0 Å². The average molecular weight is 347 g/mol. The zero-order chi connectivity index (χ0) is 14.5. The minimum absolute atomic E-state index is 0.636. The van der Waals surface area contributed by atoms with Gasteiger partial charge in [-0.2, -0.15) is 0 Å². The molecule has 0 amide bonds. The minimum atomic E-state index is 0.636. The van der Waals surface area contributed by atoms with E-state index in [-0.39, 0.29) is 0 Å². The lowest BCUT2D eigenvalue weighted by molar-refractivity contribution is 0.222. The average Bonchev–Trinajstić information content (AvgIpc) is 2.55. The van der Waals surface area contributed by atoms with E-state index < -0.39 is 0 Å². The molecule has 0 radical (unpaired) electrons. The van der Waals surface area contributed by atoms with Crippen molar-refractivity contribution in [3.63, 3.8) is 0 Å². The summed E-state index contributed by atoms with van der Waals surface area (Å²) in [7, 11) is 0. The standard InChI is InChI=1S/C17H19BrN2O/c18-15-6-7-17(19-12-15)20-10-8-14(9-11-20)13-21-16-4-2-1-3-5-16/h1-7,12,14H,8-11,13H2. The van der Waals surface area contributed by atoms with Crippen LogP contribution in [0.15, 0.2) is 53.1 Å². The molecular weight excluding hydrogens is 328 g/mol. The maximum atomic E-state index is 5.86. The molecule has 1 aromatic carbocycles. The predicted molar refractivity (Wildman–Crippen MR) is 88.8 cm³/mol. The van der Waals surface area contributed by atoms with Crippen LogP contribution in [-0.2, 0) is 0 Å². The third-order valence-corrected chi connectivity index (χ3v) is 4.35. The van der Waals surface area contributed by atoms with Crippen molar-refractivity contribution in [3.8, 4) is 5.75 Å². The van der Waals surface area contributed by atoms with Crippen LogP contribution in [0.2, 0.25) is 0 Å². The highest BCUT2D eigenvalue weighted by Gasteiger charge is 2.20. The van der Waals surface area contributed by atoms with Gasteiger partial charge >= 0.3 is 0 Å². The summed E-state index contributed by atoms with van der Waals surface area (Å²) in [5.41, 5.74) is 0. The van der Waals surface area contributed by atoms with Crippen molar-refractivity contribution in [2.75, 3.05) is 24.6 Å². The second-order valence-electron chi connectivity index (χ2n) is 5.39. The Morgan fingerprint density at radius 3 is 2.52 bits per heavy atom. The normalized spacial score (nSPS) is 16.0. The highest BCUT2D eigenvalue weighted by Crippen LogP contribution is 2.23. The molecule has 1 aliphatic heterocycles. The monoisotopic (exact) mass is 346 g/mol. The number of anilines is 1. The van der Waals surface area contributed by atoms with E-state index in [9.17, 15) is 0 Å². The molecule has 21 heavy (non-hydrogen) atoms. The van der Waals surface area contributed by atoms with E-state index in [1.807, 2.05) is 42.6 Å². The quantitative estimate of drug-likeness (QED) is 0.831. The van der Waals surface area contributed by atoms with Gasteiger partial charge < -0.3 is 9.64 Å². The van der Waals surface area contributed by atoms with Crippen LogP contribution < -0.4 is 9.64 Å². The summed E-state index contributed by atoms with van der Waals surface area (Å²) < 4.78 is 6.89. The lowest BCUT2D eigenvalue weighted by Gasteiger charge is -2.32. The Labute approximate surface area is 134 Å². The molecule has 110 valence electrons. The van der Waals surface area contributed by atoms with Gasteiger partial charge in [0.1, 0.15) is 11.6 Å². The number of para-hydroxylation sites is 1. The molecule has 2 heterocycles. The number of hydrogen-bond acceptors (Lipinski definition) is 3. The van der Waals surface area contributed by atoms with Crippen molar-refractivity contribution in [2.24, 2.45) is 5.92 Å². The lowest BCUT2D eigenvalue weighted by atomic mass is 9.98. The van der Waals surface area contributed by atoms with Gasteiger partial charge in [-0.3, -0.25) is 0 Å². The Bertz CT molecular complexity index is 551. The maximum Gasteiger partial charge on any atom is 0.128 e. The number of hydrogen-bond donors (Lipinski definition) is 0. The molecule has 1 saturated heterocycles. The summed E-state index contributed by atoms with van der Waals surface area (Å²) in [5.74, 6) is 2.67. The van der Waals surface area contributed by atoms with Crippen molar-refractivity contribution in [1.29, 1.82) is 0 Å². The molecule has 0 spiro atoms. The number of halogens is 1. The Morgan fingerprint density at radius 2 is 1.86 bits per heavy atom. The highest BCUT2D eigenvalue weighted by atomic mass is 79.9. The maximum absolute atomic E-state index is 5.86. The molecular formula is C17H19BrN2O. The molecule has 1 aromatic heterocycles. The molecule has 0 atom stereocenters. The Balaban J connectivity index is 1.48. The molecule has 0 bridgehead atoms. The molecule has 0 unspecified atom stereocenters. The Hall–Kier alpha value is -1.55. The van der Waals surface area contributed by atoms with Gasteiger partial charge in [-0.25, -0.2) is 4.98 Å². The van der Waals surface area contributed by atoms with Crippen molar-refractivity contribution in [1.82, 2.24) is 4.98 Å². The molecule has 3 nitrogen and oxygen atoms in total. The van der Waals surface area contributed by atoms with Crippen LogP contribution in [0.1, 0.15) is 12.8 Å². The van der Waals surface area contributed by atoms with Crippen LogP contribution in [0.5, 0.6) is 5.75 Å². The fourth-order valence-electron chi connectivity index (χ4n) is 2.61. The number of piperidine rings is 1. The number of nitrogens with zero attached hydrogens (tertiary/aromatic N) is 2. The van der Waals surface area contributed by atoms with Crippen molar-refractivity contribution in [3.05, 3.63) is 53.1 Å². The van der Waals surface area contributed by atoms with Crippen molar-refractivity contribution < 1.29 is 4.74 Å². The van der Waals surface area contributed by atoms with Crippen LogP contribution in [0.25, 0.3) is 0 Å². The number of rotatable bonds is 4. The van der Waals surface area contributed by atoms with Gasteiger partial charge in [0, 0.05) is 23.8 Å². The van der Waals surface area contributed by atoms with E-state index >= 15 is 0 Å². The second-order valence-corrected chi connectivity index (χ2v) is 6.30. The van der Waals surface area contributed by atoms with Gasteiger partial charge in [0.05, 0.1) is 6.61 Å². The largest absolute Gasteiger partial charge is 0.493 e. The summed E-state index contributed by atoms with van der Waals surface area (Å²) in [6.45, 7) is 2.92. The summed E-state index contributed by atoms with van der Waals surface area (Å²) in [4.78, 5) is 6.82. The Morgan fingerprint density at radius 1 is 1.10 bits per heavy atom. The molecule has 3 rings (SSSR count). The van der Waals surface area contributed by atoms with E-state index in [1.54, 1.807) is 0 Å². The van der Waals surface area contributed by atoms with Gasteiger partial charge in [0.25, 0.3) is 0 Å². The smallest absolute Gasteiger partial charge is 0.128 e. The predicted octanol–water partition coefficient (Wildman–Crippen LogP) is 4.14. The summed E-state index contributed by atoms with van der Waals surface area (Å²) >= 11 is 3.42. The highest BCUT2D eigenvalue weighted by molar-refractivity contribution is 9.10. The van der Waals surface area contributed by atoms with Crippen LogP contribution in [0, 0.1) is 5.92 Å². The second kappa shape index (κ2) is 6.94. The first kappa shape index (κ1) is 14.4. The van der Waals surface area contributed by atoms with Crippen molar-refractivity contribution >= 4 is 21.7 Å². The third kappa shape index (κ3) is 3.97. The fraction of sp³-hybridized carbons (Fsp3) is 0.353. The van der Waals surface area contributed by atoms with Crippen LogP contribution >= 0.6 is 15.9 Å². The van der Waals surface area contributed by atoms with E-state index in [0.717, 1.165) is 48.6 Å². The minimum Gasteiger partial charge on any atom is -0.493 e. The van der Waals surface area contributed by atoms with E-state index in [0.29, 0.717) is 5.92 Å². The topological polar surface area (TPSA) is 25.4 Å². The van der Waals surface area contributed by atoms with Crippen LogP contribution in [0.4, 0.5) is 5.82 Å².